The standard InChI is InChI=1S/C17H21N3O2.ClH/c1-3-15-16(11(2)19-22-15)17(21)20-9-13(14(18)10-20)12-7-5-4-6-8-12;/h4-8,13-14H,3,9-10,18H2,1-2H3;1H/t13-,14+;/m0./s1. The van der Waals surface area contributed by atoms with E-state index in [4.69, 9.17) is 10.3 Å². The number of halogens is 1. The monoisotopic (exact) mass is 335 g/mol. The summed E-state index contributed by atoms with van der Waals surface area (Å²) < 4.78 is 5.23. The fourth-order valence-corrected chi connectivity index (χ4v) is 3.14. The Morgan fingerprint density at radius 2 is 2.04 bits per heavy atom. The molecule has 124 valence electrons. The van der Waals surface area contributed by atoms with Crippen molar-refractivity contribution in [3.63, 3.8) is 0 Å². The second-order valence-electron chi connectivity index (χ2n) is 5.81. The summed E-state index contributed by atoms with van der Waals surface area (Å²) in [5.74, 6) is 0.805. The van der Waals surface area contributed by atoms with Gasteiger partial charge in [-0.2, -0.15) is 0 Å². The lowest BCUT2D eigenvalue weighted by molar-refractivity contribution is 0.0786. The molecule has 0 unspecified atom stereocenters. The van der Waals surface area contributed by atoms with Crippen LogP contribution in [0.5, 0.6) is 0 Å². The van der Waals surface area contributed by atoms with E-state index in [2.05, 4.69) is 17.3 Å². The SMILES string of the molecule is CCc1onc(C)c1C(=O)N1C[C@@H](N)[C@H](c2ccccc2)C1.Cl. The Morgan fingerprint density at radius 1 is 1.35 bits per heavy atom. The molecule has 0 aliphatic carbocycles. The van der Waals surface area contributed by atoms with Crippen LogP contribution in [-0.4, -0.2) is 35.1 Å². The Bertz CT molecular complexity index is 672. The Morgan fingerprint density at radius 3 is 2.70 bits per heavy atom. The second kappa shape index (κ2) is 7.15. The molecule has 1 aromatic heterocycles. The molecule has 1 aliphatic rings. The number of amides is 1. The van der Waals surface area contributed by atoms with Crippen LogP contribution in [0.2, 0.25) is 0 Å². The van der Waals surface area contributed by atoms with Gasteiger partial charge >= 0.3 is 0 Å². The number of aromatic nitrogens is 1. The van der Waals surface area contributed by atoms with E-state index < -0.39 is 0 Å². The number of aryl methyl sites for hydroxylation is 2. The van der Waals surface area contributed by atoms with Gasteiger partial charge in [-0.15, -0.1) is 12.4 Å². The molecule has 0 bridgehead atoms. The van der Waals surface area contributed by atoms with Crippen LogP contribution < -0.4 is 5.73 Å². The first-order valence-electron chi connectivity index (χ1n) is 7.66. The highest BCUT2D eigenvalue weighted by Crippen LogP contribution is 2.28. The number of nitrogens with two attached hydrogens (primary N) is 1. The lowest BCUT2D eigenvalue weighted by atomic mass is 9.95. The van der Waals surface area contributed by atoms with Gasteiger partial charge in [-0.3, -0.25) is 4.79 Å². The van der Waals surface area contributed by atoms with Crippen molar-refractivity contribution in [2.45, 2.75) is 32.2 Å². The molecule has 0 saturated carbocycles. The third-order valence-corrected chi connectivity index (χ3v) is 4.35. The number of carbonyl (C=O) groups is 1. The average Bonchev–Trinajstić information content (AvgIpc) is 3.10. The Balaban J connectivity index is 0.00000192. The normalized spacial score (nSPS) is 20.4. The Labute approximate surface area is 142 Å². The van der Waals surface area contributed by atoms with Crippen LogP contribution >= 0.6 is 12.4 Å². The van der Waals surface area contributed by atoms with E-state index in [1.165, 1.54) is 5.56 Å². The van der Waals surface area contributed by atoms with E-state index in [1.807, 2.05) is 30.0 Å². The van der Waals surface area contributed by atoms with Crippen LogP contribution in [-0.2, 0) is 6.42 Å². The van der Waals surface area contributed by atoms with E-state index in [0.717, 1.165) is 0 Å². The van der Waals surface area contributed by atoms with Crippen molar-refractivity contribution in [1.29, 1.82) is 0 Å². The summed E-state index contributed by atoms with van der Waals surface area (Å²) in [6.07, 6.45) is 0.657. The van der Waals surface area contributed by atoms with Crippen LogP contribution in [0.1, 0.15) is 40.2 Å². The van der Waals surface area contributed by atoms with Gasteiger partial charge in [0.25, 0.3) is 5.91 Å². The van der Waals surface area contributed by atoms with E-state index in [9.17, 15) is 4.79 Å². The minimum absolute atomic E-state index is 0. The molecule has 1 fully saturated rings. The quantitative estimate of drug-likeness (QED) is 0.935. The van der Waals surface area contributed by atoms with Crippen LogP contribution in [0.15, 0.2) is 34.9 Å². The third kappa shape index (κ3) is 3.26. The molecule has 1 aromatic carbocycles. The Kier molecular flexibility index (Phi) is 5.44. The van der Waals surface area contributed by atoms with Crippen molar-refractivity contribution in [2.75, 3.05) is 13.1 Å². The number of hydrogen-bond donors (Lipinski definition) is 1. The maximum Gasteiger partial charge on any atom is 0.259 e. The van der Waals surface area contributed by atoms with Crippen molar-refractivity contribution in [3.05, 3.63) is 52.9 Å². The molecule has 5 nitrogen and oxygen atoms in total. The first kappa shape index (κ1) is 17.5. The van der Waals surface area contributed by atoms with E-state index in [-0.39, 0.29) is 30.3 Å². The van der Waals surface area contributed by atoms with Crippen LogP contribution in [0.3, 0.4) is 0 Å². The van der Waals surface area contributed by atoms with Crippen LogP contribution in [0.4, 0.5) is 0 Å². The molecular weight excluding hydrogens is 314 g/mol. The highest BCUT2D eigenvalue weighted by atomic mass is 35.5. The highest BCUT2D eigenvalue weighted by molar-refractivity contribution is 5.96. The van der Waals surface area contributed by atoms with Crippen molar-refractivity contribution in [3.8, 4) is 0 Å². The molecule has 2 atom stereocenters. The first-order valence-corrected chi connectivity index (χ1v) is 7.66. The van der Waals surface area contributed by atoms with E-state index in [1.54, 1.807) is 6.92 Å². The van der Waals surface area contributed by atoms with Gasteiger partial charge in [0, 0.05) is 31.5 Å². The summed E-state index contributed by atoms with van der Waals surface area (Å²) in [5.41, 5.74) is 8.70. The molecule has 0 radical (unpaired) electrons. The van der Waals surface area contributed by atoms with Gasteiger partial charge in [0.2, 0.25) is 0 Å². The maximum atomic E-state index is 12.8. The fraction of sp³-hybridized carbons (Fsp3) is 0.412. The van der Waals surface area contributed by atoms with Gasteiger partial charge < -0.3 is 15.2 Å². The lowest BCUT2D eigenvalue weighted by Crippen LogP contribution is -2.32. The van der Waals surface area contributed by atoms with Crippen molar-refractivity contribution in [1.82, 2.24) is 10.1 Å². The molecule has 0 spiro atoms. The average molecular weight is 336 g/mol. The van der Waals surface area contributed by atoms with Gasteiger partial charge in [-0.05, 0) is 12.5 Å². The molecule has 2 heterocycles. The minimum Gasteiger partial charge on any atom is -0.360 e. The molecule has 2 N–H and O–H groups in total. The number of nitrogens with zero attached hydrogens (tertiary/aromatic N) is 2. The summed E-state index contributed by atoms with van der Waals surface area (Å²) in [6.45, 7) is 4.96. The first-order chi connectivity index (χ1) is 10.6. The molecule has 1 aliphatic heterocycles. The molecular formula is C17H22ClN3O2. The predicted molar refractivity (Wildman–Crippen MR) is 90.9 cm³/mol. The summed E-state index contributed by atoms with van der Waals surface area (Å²) >= 11 is 0. The van der Waals surface area contributed by atoms with Gasteiger partial charge in [-0.1, -0.05) is 42.4 Å². The van der Waals surface area contributed by atoms with Crippen molar-refractivity contribution < 1.29 is 9.32 Å². The third-order valence-electron chi connectivity index (χ3n) is 4.35. The minimum atomic E-state index is -0.0448. The molecule has 2 aromatic rings. The zero-order valence-electron chi connectivity index (χ0n) is 13.4. The topological polar surface area (TPSA) is 72.4 Å². The van der Waals surface area contributed by atoms with Gasteiger partial charge in [0.1, 0.15) is 11.3 Å². The van der Waals surface area contributed by atoms with Gasteiger partial charge in [0.15, 0.2) is 0 Å². The predicted octanol–water partition coefficient (Wildman–Crippen LogP) is 2.53. The number of likely N-dealkylation sites (tertiary alicyclic amines) is 1. The van der Waals surface area contributed by atoms with Crippen molar-refractivity contribution in [2.24, 2.45) is 5.73 Å². The maximum absolute atomic E-state index is 12.8. The summed E-state index contributed by atoms with van der Waals surface area (Å²) in [6, 6.07) is 10.1. The van der Waals surface area contributed by atoms with Crippen LogP contribution in [0.25, 0.3) is 0 Å². The number of benzene rings is 1. The van der Waals surface area contributed by atoms with Gasteiger partial charge in [-0.25, -0.2) is 0 Å². The Hall–Kier alpha value is -1.85. The van der Waals surface area contributed by atoms with Gasteiger partial charge in [0.05, 0.1) is 5.69 Å². The van der Waals surface area contributed by atoms with E-state index >= 15 is 0 Å². The molecule has 3 rings (SSSR count). The smallest absolute Gasteiger partial charge is 0.259 e. The fourth-order valence-electron chi connectivity index (χ4n) is 3.14. The summed E-state index contributed by atoms with van der Waals surface area (Å²) in [7, 11) is 0. The number of carbonyl (C=O) groups excluding carboxylic acids is 1. The summed E-state index contributed by atoms with van der Waals surface area (Å²) in [5, 5.41) is 3.92. The second-order valence-corrected chi connectivity index (χ2v) is 5.81. The lowest BCUT2D eigenvalue weighted by Gasteiger charge is -2.16. The molecule has 1 amide bonds. The van der Waals surface area contributed by atoms with Crippen LogP contribution in [0, 0.1) is 6.92 Å². The largest absolute Gasteiger partial charge is 0.360 e. The van der Waals surface area contributed by atoms with Crippen molar-refractivity contribution >= 4 is 18.3 Å². The van der Waals surface area contributed by atoms with E-state index in [0.29, 0.717) is 36.5 Å². The highest BCUT2D eigenvalue weighted by Gasteiger charge is 2.36. The zero-order chi connectivity index (χ0) is 15.7. The summed E-state index contributed by atoms with van der Waals surface area (Å²) in [4.78, 5) is 14.6. The molecule has 1 saturated heterocycles. The number of hydrogen-bond acceptors (Lipinski definition) is 4. The number of rotatable bonds is 3. The molecule has 6 heteroatoms. The zero-order valence-corrected chi connectivity index (χ0v) is 14.2. The molecule has 23 heavy (non-hydrogen) atoms.